The highest BCUT2D eigenvalue weighted by Gasteiger charge is 2.25. The van der Waals surface area contributed by atoms with Crippen molar-refractivity contribution in [2.75, 3.05) is 19.6 Å². The number of primary amides is 1. The Balaban J connectivity index is 1.45. The smallest absolute Gasteiger partial charge is 0.317 e. The first-order valence-electron chi connectivity index (χ1n) is 7.89. The molecule has 0 radical (unpaired) electrons. The summed E-state index contributed by atoms with van der Waals surface area (Å²) < 4.78 is 0. The molecule has 1 saturated heterocycles. The zero-order chi connectivity index (χ0) is 16.2. The van der Waals surface area contributed by atoms with E-state index in [2.05, 4.69) is 15.3 Å². The third-order valence-electron chi connectivity index (χ3n) is 4.26. The van der Waals surface area contributed by atoms with E-state index in [9.17, 15) is 9.59 Å². The van der Waals surface area contributed by atoms with E-state index in [4.69, 9.17) is 5.73 Å². The molecule has 0 spiro atoms. The molecule has 2 aromatic rings. The Bertz CT molecular complexity index is 670. The number of urea groups is 1. The van der Waals surface area contributed by atoms with E-state index in [1.54, 1.807) is 4.90 Å². The van der Waals surface area contributed by atoms with Crippen molar-refractivity contribution in [3.05, 3.63) is 30.1 Å². The summed E-state index contributed by atoms with van der Waals surface area (Å²) in [7, 11) is 0. The van der Waals surface area contributed by atoms with Crippen molar-refractivity contribution < 1.29 is 9.59 Å². The van der Waals surface area contributed by atoms with E-state index in [1.807, 2.05) is 24.3 Å². The molecule has 0 atom stereocenters. The SMILES string of the molecule is NC(=O)C1CCN(C(=O)NCCc2nc3ccccc3[nH]2)CC1. The van der Waals surface area contributed by atoms with Gasteiger partial charge in [0.25, 0.3) is 0 Å². The number of likely N-dealkylation sites (tertiary alicyclic amines) is 1. The maximum absolute atomic E-state index is 12.1. The number of para-hydroxylation sites is 2. The molecule has 4 N–H and O–H groups in total. The number of H-pyrrole nitrogens is 1. The Kier molecular flexibility index (Phi) is 4.45. The summed E-state index contributed by atoms with van der Waals surface area (Å²) in [4.78, 5) is 32.7. The van der Waals surface area contributed by atoms with Crippen LogP contribution in [-0.4, -0.2) is 46.4 Å². The fourth-order valence-electron chi connectivity index (χ4n) is 2.89. The van der Waals surface area contributed by atoms with Gasteiger partial charge in [0.05, 0.1) is 11.0 Å². The number of imidazole rings is 1. The van der Waals surface area contributed by atoms with Crippen LogP contribution >= 0.6 is 0 Å². The fourth-order valence-corrected chi connectivity index (χ4v) is 2.89. The Morgan fingerprint density at radius 3 is 2.74 bits per heavy atom. The molecule has 122 valence electrons. The highest BCUT2D eigenvalue weighted by atomic mass is 16.2. The number of fused-ring (bicyclic) bond motifs is 1. The van der Waals surface area contributed by atoms with E-state index >= 15 is 0 Å². The number of aromatic nitrogens is 2. The summed E-state index contributed by atoms with van der Waals surface area (Å²) in [6.45, 7) is 1.67. The van der Waals surface area contributed by atoms with E-state index in [-0.39, 0.29) is 17.9 Å². The molecule has 0 unspecified atom stereocenters. The van der Waals surface area contributed by atoms with Gasteiger partial charge in [-0.2, -0.15) is 0 Å². The number of hydrogen-bond acceptors (Lipinski definition) is 3. The van der Waals surface area contributed by atoms with Crippen molar-refractivity contribution in [2.45, 2.75) is 19.3 Å². The topological polar surface area (TPSA) is 104 Å². The maximum atomic E-state index is 12.1. The van der Waals surface area contributed by atoms with Gasteiger partial charge in [0.1, 0.15) is 5.82 Å². The summed E-state index contributed by atoms with van der Waals surface area (Å²) in [6, 6.07) is 7.75. The van der Waals surface area contributed by atoms with Crippen LogP contribution in [0.1, 0.15) is 18.7 Å². The Labute approximate surface area is 134 Å². The van der Waals surface area contributed by atoms with Gasteiger partial charge >= 0.3 is 6.03 Å². The maximum Gasteiger partial charge on any atom is 0.317 e. The first kappa shape index (κ1) is 15.3. The van der Waals surface area contributed by atoms with Crippen LogP contribution in [0.25, 0.3) is 11.0 Å². The van der Waals surface area contributed by atoms with Gasteiger partial charge in [-0.05, 0) is 25.0 Å². The Morgan fingerprint density at radius 1 is 1.30 bits per heavy atom. The van der Waals surface area contributed by atoms with Crippen molar-refractivity contribution >= 4 is 23.0 Å². The van der Waals surface area contributed by atoms with E-state index in [1.165, 1.54) is 0 Å². The molecule has 0 bridgehead atoms. The number of aromatic amines is 1. The summed E-state index contributed by atoms with van der Waals surface area (Å²) in [6.07, 6.45) is 1.94. The fraction of sp³-hybridized carbons (Fsp3) is 0.438. The van der Waals surface area contributed by atoms with Gasteiger partial charge in [0, 0.05) is 32.0 Å². The minimum atomic E-state index is -0.269. The van der Waals surface area contributed by atoms with Gasteiger partial charge in [0.15, 0.2) is 0 Å². The molecule has 7 nitrogen and oxygen atoms in total. The number of piperidine rings is 1. The van der Waals surface area contributed by atoms with Gasteiger partial charge in [-0.15, -0.1) is 0 Å². The molecule has 0 aliphatic carbocycles. The van der Waals surface area contributed by atoms with Crippen molar-refractivity contribution in [3.8, 4) is 0 Å². The van der Waals surface area contributed by atoms with Gasteiger partial charge in [-0.1, -0.05) is 12.1 Å². The van der Waals surface area contributed by atoms with Crippen LogP contribution in [0.4, 0.5) is 4.79 Å². The second-order valence-corrected chi connectivity index (χ2v) is 5.85. The first-order valence-corrected chi connectivity index (χ1v) is 7.89. The number of carbonyl (C=O) groups is 2. The molecular formula is C16H21N5O2. The van der Waals surface area contributed by atoms with Crippen molar-refractivity contribution in [3.63, 3.8) is 0 Å². The zero-order valence-electron chi connectivity index (χ0n) is 12.9. The average Bonchev–Trinajstić information content (AvgIpc) is 2.97. The summed E-state index contributed by atoms with van der Waals surface area (Å²) >= 11 is 0. The number of nitrogens with one attached hydrogen (secondary N) is 2. The van der Waals surface area contributed by atoms with Crippen molar-refractivity contribution in [1.82, 2.24) is 20.2 Å². The molecule has 0 saturated carbocycles. The van der Waals surface area contributed by atoms with Crippen LogP contribution in [0.3, 0.4) is 0 Å². The molecule has 2 heterocycles. The molecule has 1 aromatic carbocycles. The van der Waals surface area contributed by atoms with Crippen LogP contribution < -0.4 is 11.1 Å². The number of amides is 3. The Morgan fingerprint density at radius 2 is 2.04 bits per heavy atom. The summed E-state index contributed by atoms with van der Waals surface area (Å²) in [5.74, 6) is 0.489. The standard InChI is InChI=1S/C16H21N5O2/c17-15(22)11-6-9-21(10-7-11)16(23)18-8-5-14-19-12-3-1-2-4-13(12)20-14/h1-4,11H,5-10H2,(H2,17,22)(H,18,23)(H,19,20). The lowest BCUT2D eigenvalue weighted by atomic mass is 9.96. The summed E-state index contributed by atoms with van der Waals surface area (Å²) in [5, 5.41) is 2.90. The number of rotatable bonds is 4. The van der Waals surface area contributed by atoms with E-state index in [0.717, 1.165) is 16.9 Å². The second-order valence-electron chi connectivity index (χ2n) is 5.85. The lowest BCUT2D eigenvalue weighted by Crippen LogP contribution is -2.46. The number of benzene rings is 1. The molecule has 3 amide bonds. The molecule has 7 heteroatoms. The van der Waals surface area contributed by atoms with Crippen molar-refractivity contribution in [2.24, 2.45) is 11.7 Å². The zero-order valence-corrected chi connectivity index (χ0v) is 12.9. The van der Waals surface area contributed by atoms with Crippen LogP contribution in [-0.2, 0) is 11.2 Å². The molecule has 1 aliphatic heterocycles. The van der Waals surface area contributed by atoms with Crippen LogP contribution in [0.2, 0.25) is 0 Å². The van der Waals surface area contributed by atoms with E-state index < -0.39 is 0 Å². The number of carbonyl (C=O) groups excluding carboxylic acids is 2. The molecule has 1 aromatic heterocycles. The predicted octanol–water partition coefficient (Wildman–Crippen LogP) is 1.01. The van der Waals surface area contributed by atoms with Gasteiger partial charge in [-0.3, -0.25) is 4.79 Å². The quantitative estimate of drug-likeness (QED) is 0.784. The lowest BCUT2D eigenvalue weighted by Gasteiger charge is -2.30. The highest BCUT2D eigenvalue weighted by Crippen LogP contribution is 2.16. The minimum absolute atomic E-state index is 0.0935. The summed E-state index contributed by atoms with van der Waals surface area (Å²) in [5.41, 5.74) is 7.23. The third kappa shape index (κ3) is 3.61. The monoisotopic (exact) mass is 315 g/mol. The van der Waals surface area contributed by atoms with Crippen LogP contribution in [0.5, 0.6) is 0 Å². The van der Waals surface area contributed by atoms with Gasteiger partial charge in [-0.25, -0.2) is 9.78 Å². The molecule has 1 fully saturated rings. The molecule has 1 aliphatic rings. The van der Waals surface area contributed by atoms with Crippen LogP contribution in [0, 0.1) is 5.92 Å². The number of hydrogen-bond donors (Lipinski definition) is 3. The second kappa shape index (κ2) is 6.68. The highest BCUT2D eigenvalue weighted by molar-refractivity contribution is 5.78. The Hall–Kier alpha value is -2.57. The lowest BCUT2D eigenvalue weighted by molar-refractivity contribution is -0.123. The average molecular weight is 315 g/mol. The minimum Gasteiger partial charge on any atom is -0.369 e. The normalized spacial score (nSPS) is 15.7. The van der Waals surface area contributed by atoms with Gasteiger partial charge < -0.3 is 20.9 Å². The number of nitrogens with zero attached hydrogens (tertiary/aromatic N) is 2. The van der Waals surface area contributed by atoms with Crippen LogP contribution in [0.15, 0.2) is 24.3 Å². The largest absolute Gasteiger partial charge is 0.369 e. The predicted molar refractivity (Wildman–Crippen MR) is 86.7 cm³/mol. The van der Waals surface area contributed by atoms with Gasteiger partial charge in [0.2, 0.25) is 5.91 Å². The van der Waals surface area contributed by atoms with E-state index in [0.29, 0.717) is 38.9 Å². The third-order valence-corrected chi connectivity index (χ3v) is 4.26. The van der Waals surface area contributed by atoms with Crippen molar-refractivity contribution in [1.29, 1.82) is 0 Å². The molecular weight excluding hydrogens is 294 g/mol. The first-order chi connectivity index (χ1) is 11.1. The molecule has 3 rings (SSSR count). The molecule has 23 heavy (non-hydrogen) atoms. The number of nitrogens with two attached hydrogens (primary N) is 1.